The van der Waals surface area contributed by atoms with Crippen LogP contribution in [0.5, 0.6) is 0 Å². The van der Waals surface area contributed by atoms with E-state index in [1.807, 2.05) is 12.1 Å². The van der Waals surface area contributed by atoms with Gasteiger partial charge in [-0.15, -0.1) is 0 Å². The summed E-state index contributed by atoms with van der Waals surface area (Å²) in [5.74, 6) is 0. The van der Waals surface area contributed by atoms with Gasteiger partial charge in [-0.25, -0.2) is 0 Å². The molecule has 1 fully saturated rings. The van der Waals surface area contributed by atoms with Gasteiger partial charge >= 0.3 is 0 Å². The molecule has 0 spiro atoms. The van der Waals surface area contributed by atoms with Crippen LogP contribution in [0.15, 0.2) is 54.6 Å². The third-order valence-corrected chi connectivity index (χ3v) is 3.98. The van der Waals surface area contributed by atoms with Crippen LogP contribution in [0.3, 0.4) is 0 Å². The van der Waals surface area contributed by atoms with E-state index in [1.165, 1.54) is 11.1 Å². The van der Waals surface area contributed by atoms with Crippen molar-refractivity contribution in [2.24, 2.45) is 0 Å². The first-order chi connectivity index (χ1) is 8.78. The van der Waals surface area contributed by atoms with E-state index in [1.54, 1.807) is 0 Å². The Hall–Kier alpha value is -1.31. The molecular formula is C16H16ClN. The fourth-order valence-corrected chi connectivity index (χ4v) is 2.90. The molecule has 0 unspecified atom stereocenters. The molecule has 0 saturated carbocycles. The Bertz CT molecular complexity index is 532. The van der Waals surface area contributed by atoms with Crippen molar-refractivity contribution in [2.75, 3.05) is 13.1 Å². The summed E-state index contributed by atoms with van der Waals surface area (Å²) < 4.78 is 0. The predicted octanol–water partition coefficient (Wildman–Crippen LogP) is 3.42. The van der Waals surface area contributed by atoms with Gasteiger partial charge in [-0.1, -0.05) is 54.1 Å². The molecule has 2 aromatic carbocycles. The molecule has 0 atom stereocenters. The van der Waals surface area contributed by atoms with Gasteiger partial charge in [0.2, 0.25) is 0 Å². The summed E-state index contributed by atoms with van der Waals surface area (Å²) in [6.07, 6.45) is 1.05. The third kappa shape index (κ3) is 2.16. The molecule has 1 nitrogen and oxygen atoms in total. The Morgan fingerprint density at radius 2 is 1.78 bits per heavy atom. The van der Waals surface area contributed by atoms with E-state index in [2.05, 4.69) is 47.8 Å². The van der Waals surface area contributed by atoms with Crippen molar-refractivity contribution in [1.29, 1.82) is 0 Å². The summed E-state index contributed by atoms with van der Waals surface area (Å²) in [7, 11) is 0. The Kier molecular flexibility index (Phi) is 3.11. The van der Waals surface area contributed by atoms with Gasteiger partial charge in [0.25, 0.3) is 0 Å². The average Bonchev–Trinajstić information content (AvgIpc) is 2.35. The second-order valence-electron chi connectivity index (χ2n) is 5.06. The molecule has 0 radical (unpaired) electrons. The maximum atomic E-state index is 6.07. The summed E-state index contributed by atoms with van der Waals surface area (Å²) in [6.45, 7) is 2.09. The minimum absolute atomic E-state index is 0.242. The fourth-order valence-electron chi connectivity index (χ4n) is 2.69. The summed E-state index contributed by atoms with van der Waals surface area (Å²) in [5, 5.41) is 4.22. The molecule has 92 valence electrons. The first kappa shape index (κ1) is 11.8. The lowest BCUT2D eigenvalue weighted by Gasteiger charge is -2.43. The van der Waals surface area contributed by atoms with Crippen LogP contribution < -0.4 is 5.32 Å². The third-order valence-electron chi connectivity index (χ3n) is 3.74. The lowest BCUT2D eigenvalue weighted by molar-refractivity contribution is 0.275. The first-order valence-electron chi connectivity index (χ1n) is 6.29. The SMILES string of the molecule is Clc1cccc(CC2(c3ccccc3)CNC2)c1. The van der Waals surface area contributed by atoms with Crippen LogP contribution in [0.4, 0.5) is 0 Å². The monoisotopic (exact) mass is 257 g/mol. The molecule has 18 heavy (non-hydrogen) atoms. The maximum absolute atomic E-state index is 6.07. The quantitative estimate of drug-likeness (QED) is 0.889. The van der Waals surface area contributed by atoms with Gasteiger partial charge < -0.3 is 5.32 Å². The van der Waals surface area contributed by atoms with Gasteiger partial charge in [0.1, 0.15) is 0 Å². The molecule has 2 heteroatoms. The van der Waals surface area contributed by atoms with Crippen molar-refractivity contribution in [3.05, 3.63) is 70.7 Å². The highest BCUT2D eigenvalue weighted by molar-refractivity contribution is 6.30. The van der Waals surface area contributed by atoms with Crippen LogP contribution in [0, 0.1) is 0 Å². The molecular weight excluding hydrogens is 242 g/mol. The molecule has 1 aliphatic heterocycles. The van der Waals surface area contributed by atoms with E-state index >= 15 is 0 Å². The summed E-state index contributed by atoms with van der Waals surface area (Å²) in [6, 6.07) is 19.0. The Morgan fingerprint density at radius 3 is 2.39 bits per heavy atom. The maximum Gasteiger partial charge on any atom is 0.0408 e. The first-order valence-corrected chi connectivity index (χ1v) is 6.67. The number of hydrogen-bond acceptors (Lipinski definition) is 1. The summed E-state index contributed by atoms with van der Waals surface area (Å²) in [4.78, 5) is 0. The molecule has 1 N–H and O–H groups in total. The number of halogens is 1. The van der Waals surface area contributed by atoms with Crippen LogP contribution in [0.25, 0.3) is 0 Å². The molecule has 0 aromatic heterocycles. The van der Waals surface area contributed by atoms with Crippen molar-refractivity contribution in [3.8, 4) is 0 Å². The highest BCUT2D eigenvalue weighted by Gasteiger charge is 2.38. The van der Waals surface area contributed by atoms with Crippen molar-refractivity contribution in [2.45, 2.75) is 11.8 Å². The molecule has 1 heterocycles. The number of hydrogen-bond donors (Lipinski definition) is 1. The van der Waals surface area contributed by atoms with E-state index in [0.29, 0.717) is 0 Å². The van der Waals surface area contributed by atoms with Gasteiger partial charge in [0.15, 0.2) is 0 Å². The van der Waals surface area contributed by atoms with Gasteiger partial charge in [0.05, 0.1) is 0 Å². The molecule has 0 bridgehead atoms. The standard InChI is InChI=1S/C16H16ClN/c17-15-8-4-5-13(9-15)10-16(11-18-12-16)14-6-2-1-3-7-14/h1-9,18H,10-12H2. The minimum atomic E-state index is 0.242. The second kappa shape index (κ2) is 4.75. The number of nitrogens with one attached hydrogen (secondary N) is 1. The van der Waals surface area contributed by atoms with Gasteiger partial charge in [0, 0.05) is 23.5 Å². The largest absolute Gasteiger partial charge is 0.315 e. The van der Waals surface area contributed by atoms with E-state index < -0.39 is 0 Å². The van der Waals surface area contributed by atoms with Crippen molar-refractivity contribution < 1.29 is 0 Å². The fraction of sp³-hybridized carbons (Fsp3) is 0.250. The van der Waals surface area contributed by atoms with E-state index in [-0.39, 0.29) is 5.41 Å². The van der Waals surface area contributed by atoms with Crippen molar-refractivity contribution in [1.82, 2.24) is 5.32 Å². The van der Waals surface area contributed by atoms with E-state index in [9.17, 15) is 0 Å². The van der Waals surface area contributed by atoms with E-state index in [4.69, 9.17) is 11.6 Å². The van der Waals surface area contributed by atoms with Gasteiger partial charge in [-0.05, 0) is 29.7 Å². The van der Waals surface area contributed by atoms with Crippen LogP contribution in [0.1, 0.15) is 11.1 Å². The second-order valence-corrected chi connectivity index (χ2v) is 5.49. The lowest BCUT2D eigenvalue weighted by Crippen LogP contribution is -2.58. The minimum Gasteiger partial charge on any atom is -0.315 e. The van der Waals surface area contributed by atoms with Crippen LogP contribution in [-0.4, -0.2) is 13.1 Å². The van der Waals surface area contributed by atoms with Crippen molar-refractivity contribution >= 4 is 11.6 Å². The Labute approximate surface area is 113 Å². The zero-order chi connectivity index (χ0) is 12.4. The van der Waals surface area contributed by atoms with Gasteiger partial charge in [-0.3, -0.25) is 0 Å². The number of rotatable bonds is 3. The molecule has 0 amide bonds. The van der Waals surface area contributed by atoms with Crippen molar-refractivity contribution in [3.63, 3.8) is 0 Å². The van der Waals surface area contributed by atoms with Crippen LogP contribution in [0.2, 0.25) is 5.02 Å². The van der Waals surface area contributed by atoms with Crippen LogP contribution >= 0.6 is 11.6 Å². The molecule has 3 rings (SSSR count). The van der Waals surface area contributed by atoms with Crippen LogP contribution in [-0.2, 0) is 11.8 Å². The zero-order valence-electron chi connectivity index (χ0n) is 10.2. The molecule has 1 aliphatic rings. The number of benzene rings is 2. The highest BCUT2D eigenvalue weighted by Crippen LogP contribution is 2.32. The average molecular weight is 258 g/mol. The highest BCUT2D eigenvalue weighted by atomic mass is 35.5. The normalized spacial score (nSPS) is 17.2. The zero-order valence-corrected chi connectivity index (χ0v) is 11.0. The summed E-state index contributed by atoms with van der Waals surface area (Å²) in [5.41, 5.74) is 2.97. The molecule has 1 saturated heterocycles. The van der Waals surface area contributed by atoms with E-state index in [0.717, 1.165) is 24.5 Å². The smallest absolute Gasteiger partial charge is 0.0408 e. The Balaban J connectivity index is 1.89. The predicted molar refractivity (Wildman–Crippen MR) is 76.1 cm³/mol. The van der Waals surface area contributed by atoms with Gasteiger partial charge in [-0.2, -0.15) is 0 Å². The molecule has 2 aromatic rings. The Morgan fingerprint density at radius 1 is 1.00 bits per heavy atom. The lowest BCUT2D eigenvalue weighted by atomic mass is 9.71. The molecule has 0 aliphatic carbocycles. The topological polar surface area (TPSA) is 12.0 Å². The summed E-state index contributed by atoms with van der Waals surface area (Å²) >= 11 is 6.07.